The second-order valence-corrected chi connectivity index (χ2v) is 10.1. The van der Waals surface area contributed by atoms with E-state index in [1.54, 1.807) is 18.2 Å². The molecule has 4 aromatic rings. The Balaban J connectivity index is 1.78. The van der Waals surface area contributed by atoms with Gasteiger partial charge in [0.15, 0.2) is 0 Å². The summed E-state index contributed by atoms with van der Waals surface area (Å²) in [6.07, 6.45) is 3.29. The fourth-order valence-electron chi connectivity index (χ4n) is 3.24. The summed E-state index contributed by atoms with van der Waals surface area (Å²) in [5, 5.41) is 24.1. The SMILES string of the molecule is Cc1ccn2nc([C@H](C)[As]c3ncnc(N)c3C#N)nc(N(C)c3cccc(O)c3)c12. The van der Waals surface area contributed by atoms with Crippen molar-refractivity contribution < 1.29 is 5.11 Å². The van der Waals surface area contributed by atoms with Gasteiger partial charge in [0.05, 0.1) is 0 Å². The van der Waals surface area contributed by atoms with E-state index in [0.717, 1.165) is 22.6 Å². The Bertz CT molecular complexity index is 1310. The van der Waals surface area contributed by atoms with E-state index in [9.17, 15) is 10.4 Å². The molecule has 0 aliphatic rings. The zero-order valence-electron chi connectivity index (χ0n) is 17.2. The first-order chi connectivity index (χ1) is 14.9. The van der Waals surface area contributed by atoms with Gasteiger partial charge in [-0.25, -0.2) is 0 Å². The predicted molar refractivity (Wildman–Crippen MR) is 119 cm³/mol. The Morgan fingerprint density at radius 3 is 2.84 bits per heavy atom. The normalized spacial score (nSPS) is 12.3. The first kappa shape index (κ1) is 20.6. The molecule has 9 nitrogen and oxygen atoms in total. The standard InChI is InChI=1S/C21H20AsN8O/c1-12-7-8-30-17(12)21(29(3)14-5-4-6-15(31)9-14)27-20(28-30)13(2)22-18-16(10-23)19(24)26-11-25-18/h4-9,11,13,31H,1-3H3,(H2,24,25,26)/t13-/m0/s1. The van der Waals surface area contributed by atoms with Crippen LogP contribution >= 0.6 is 0 Å². The van der Waals surface area contributed by atoms with Gasteiger partial charge >= 0.3 is 186 Å². The molecule has 0 fully saturated rings. The molecular weight excluding hydrogens is 455 g/mol. The number of rotatable bonds is 5. The molecule has 155 valence electrons. The van der Waals surface area contributed by atoms with Gasteiger partial charge < -0.3 is 0 Å². The monoisotopic (exact) mass is 475 g/mol. The Hall–Kier alpha value is -3.63. The predicted octanol–water partition coefficient (Wildman–Crippen LogP) is 1.85. The van der Waals surface area contributed by atoms with E-state index in [1.807, 2.05) is 48.6 Å². The van der Waals surface area contributed by atoms with Crippen molar-refractivity contribution in [3.63, 3.8) is 0 Å². The van der Waals surface area contributed by atoms with E-state index in [0.29, 0.717) is 15.9 Å². The maximum atomic E-state index is 9.91. The van der Waals surface area contributed by atoms with E-state index in [4.69, 9.17) is 15.8 Å². The molecule has 0 saturated heterocycles. The molecule has 31 heavy (non-hydrogen) atoms. The van der Waals surface area contributed by atoms with Crippen molar-refractivity contribution in [2.45, 2.75) is 18.6 Å². The second kappa shape index (κ2) is 8.24. The van der Waals surface area contributed by atoms with Crippen molar-refractivity contribution >= 4 is 43.1 Å². The van der Waals surface area contributed by atoms with Crippen molar-refractivity contribution in [1.82, 2.24) is 24.6 Å². The quantitative estimate of drug-likeness (QED) is 0.419. The fraction of sp³-hybridized carbons (Fsp3) is 0.190. The van der Waals surface area contributed by atoms with Crippen molar-refractivity contribution in [3.05, 3.63) is 59.8 Å². The van der Waals surface area contributed by atoms with Crippen molar-refractivity contribution in [3.8, 4) is 11.8 Å². The second-order valence-electron chi connectivity index (χ2n) is 7.04. The van der Waals surface area contributed by atoms with Crippen LogP contribution in [0.1, 0.15) is 28.6 Å². The zero-order valence-corrected chi connectivity index (χ0v) is 19.1. The van der Waals surface area contributed by atoms with Crippen LogP contribution in [0.5, 0.6) is 5.75 Å². The summed E-state index contributed by atoms with van der Waals surface area (Å²) in [7, 11) is 1.91. The molecule has 1 atom stereocenters. The van der Waals surface area contributed by atoms with Gasteiger partial charge in [-0.3, -0.25) is 0 Å². The number of nitrogens with zero attached hydrogens (tertiary/aromatic N) is 7. The molecule has 10 heteroatoms. The summed E-state index contributed by atoms with van der Waals surface area (Å²) in [6.45, 7) is 4.03. The molecule has 3 N–H and O–H groups in total. The summed E-state index contributed by atoms with van der Waals surface area (Å²) in [5.74, 6) is 1.75. The first-order valence-electron chi connectivity index (χ1n) is 9.49. The molecule has 0 bridgehead atoms. The van der Waals surface area contributed by atoms with Gasteiger partial charge in [-0.15, -0.1) is 0 Å². The number of nitrogen functional groups attached to an aromatic ring is 1. The van der Waals surface area contributed by atoms with Gasteiger partial charge in [-0.1, -0.05) is 0 Å². The van der Waals surface area contributed by atoms with Gasteiger partial charge in [0, 0.05) is 0 Å². The molecule has 0 spiro atoms. The third-order valence-corrected chi connectivity index (χ3v) is 7.43. The third-order valence-electron chi connectivity index (χ3n) is 4.90. The van der Waals surface area contributed by atoms with Crippen LogP contribution in [0.15, 0.2) is 42.9 Å². The number of benzene rings is 1. The summed E-state index contributed by atoms with van der Waals surface area (Å²) >= 11 is -0.576. The number of nitrogens with two attached hydrogens (primary N) is 1. The van der Waals surface area contributed by atoms with Crippen molar-refractivity contribution in [2.75, 3.05) is 17.7 Å². The van der Waals surface area contributed by atoms with Crippen LogP contribution in [0.25, 0.3) is 5.52 Å². The molecule has 0 unspecified atom stereocenters. The molecule has 4 rings (SSSR count). The molecule has 0 aliphatic heterocycles. The summed E-state index contributed by atoms with van der Waals surface area (Å²) < 4.78 is 2.44. The number of aryl methyl sites for hydroxylation is 1. The van der Waals surface area contributed by atoms with Crippen LogP contribution in [-0.2, 0) is 0 Å². The van der Waals surface area contributed by atoms with Gasteiger partial charge in [-0.05, 0) is 0 Å². The van der Waals surface area contributed by atoms with Crippen molar-refractivity contribution in [2.24, 2.45) is 0 Å². The molecular formula is C21H20AsN8O. The molecule has 3 heterocycles. The zero-order chi connectivity index (χ0) is 22.1. The van der Waals surface area contributed by atoms with Gasteiger partial charge in [0.25, 0.3) is 0 Å². The average Bonchev–Trinajstić information content (AvgIpc) is 3.13. The Labute approximate surface area is 185 Å². The van der Waals surface area contributed by atoms with Gasteiger partial charge in [0.1, 0.15) is 0 Å². The fourth-order valence-corrected chi connectivity index (χ4v) is 5.35. The van der Waals surface area contributed by atoms with Crippen LogP contribution < -0.4 is 15.1 Å². The van der Waals surface area contributed by atoms with E-state index in [-0.39, 0.29) is 16.3 Å². The van der Waals surface area contributed by atoms with Crippen LogP contribution in [0, 0.1) is 18.3 Å². The van der Waals surface area contributed by atoms with Crippen LogP contribution in [0.4, 0.5) is 17.3 Å². The Kier molecular flexibility index (Phi) is 5.49. The molecule has 0 saturated carbocycles. The first-order valence-corrected chi connectivity index (χ1v) is 11.5. The van der Waals surface area contributed by atoms with Crippen LogP contribution in [-0.4, -0.2) is 52.5 Å². The Morgan fingerprint density at radius 2 is 2.10 bits per heavy atom. The summed E-state index contributed by atoms with van der Waals surface area (Å²) in [5.41, 5.74) is 8.91. The number of hydrogen-bond donors (Lipinski definition) is 2. The number of phenols is 1. The minimum absolute atomic E-state index is 0.0407. The number of aromatic hydroxyl groups is 1. The molecule has 0 amide bonds. The van der Waals surface area contributed by atoms with E-state index in [2.05, 4.69) is 16.0 Å². The summed E-state index contributed by atoms with van der Waals surface area (Å²) in [6, 6.07) is 11.1. The van der Waals surface area contributed by atoms with Crippen LogP contribution in [0.2, 0.25) is 0 Å². The third kappa shape index (κ3) is 3.90. The van der Waals surface area contributed by atoms with Gasteiger partial charge in [0.2, 0.25) is 0 Å². The molecule has 0 aliphatic carbocycles. The van der Waals surface area contributed by atoms with Gasteiger partial charge in [-0.2, -0.15) is 0 Å². The topological polar surface area (TPSA) is 129 Å². The number of aromatic nitrogens is 5. The number of phenolic OH excluding ortho intramolecular Hbond substituents is 1. The summed E-state index contributed by atoms with van der Waals surface area (Å²) in [4.78, 5) is 15.0. The van der Waals surface area contributed by atoms with E-state index >= 15 is 0 Å². The number of nitriles is 1. The Morgan fingerprint density at radius 1 is 1.29 bits per heavy atom. The van der Waals surface area contributed by atoms with Crippen molar-refractivity contribution in [1.29, 1.82) is 5.26 Å². The molecule has 3 aromatic heterocycles. The maximum absolute atomic E-state index is 9.91. The van der Waals surface area contributed by atoms with E-state index in [1.165, 1.54) is 6.33 Å². The van der Waals surface area contributed by atoms with E-state index < -0.39 is 15.8 Å². The van der Waals surface area contributed by atoms with Crippen LogP contribution in [0.3, 0.4) is 0 Å². The molecule has 1 radical (unpaired) electrons. The number of anilines is 3. The number of fused-ring (bicyclic) bond motifs is 1. The average molecular weight is 475 g/mol. The minimum atomic E-state index is -0.576. The molecule has 1 aromatic carbocycles. The number of hydrogen-bond acceptors (Lipinski definition) is 8.